The number of hydrogen-bond donors (Lipinski definition) is 0. The van der Waals surface area contributed by atoms with Crippen LogP contribution in [0.4, 0.5) is 14.4 Å². The molecule has 0 bridgehead atoms. The Kier molecular flexibility index (Phi) is 10.9. The van der Waals surface area contributed by atoms with Gasteiger partial charge >= 0.3 is 263 Å². The molecular weight excluding hydrogens is 665 g/mol. The van der Waals surface area contributed by atoms with Crippen molar-refractivity contribution in [3.05, 3.63) is 61.2 Å². The van der Waals surface area contributed by atoms with Crippen molar-refractivity contribution in [3.63, 3.8) is 0 Å². The van der Waals surface area contributed by atoms with E-state index < -0.39 is 43.2 Å². The van der Waals surface area contributed by atoms with Crippen LogP contribution in [0.25, 0.3) is 0 Å². The fraction of sp³-hybridized carbons (Fsp3) is 0.484. The summed E-state index contributed by atoms with van der Waals surface area (Å²) in [6.07, 6.45) is -1.53. The van der Waals surface area contributed by atoms with Gasteiger partial charge in [0.25, 0.3) is 0 Å². The van der Waals surface area contributed by atoms with E-state index in [1.54, 1.807) is 67.6 Å². The van der Waals surface area contributed by atoms with Gasteiger partial charge in [0.05, 0.1) is 0 Å². The molecule has 0 N–H and O–H groups in total. The summed E-state index contributed by atoms with van der Waals surface area (Å²) in [6.45, 7) is 10.8. The molecule has 0 saturated carbocycles. The van der Waals surface area contributed by atoms with Gasteiger partial charge in [-0.15, -0.1) is 0 Å². The normalized spacial score (nSPS) is 14.8. The van der Waals surface area contributed by atoms with Crippen molar-refractivity contribution in [2.45, 2.75) is 59.3 Å². The molecular formula is C31H44IN5O6. The van der Waals surface area contributed by atoms with Gasteiger partial charge in [-0.1, -0.05) is 0 Å². The average molecular weight is 710 g/mol. The van der Waals surface area contributed by atoms with E-state index in [1.165, 1.54) is 21.8 Å². The van der Waals surface area contributed by atoms with E-state index in [-0.39, 0.29) is 31.9 Å². The van der Waals surface area contributed by atoms with Gasteiger partial charge in [-0.05, 0) is 0 Å². The van der Waals surface area contributed by atoms with Crippen LogP contribution in [0.2, 0.25) is 0 Å². The zero-order valence-electron chi connectivity index (χ0n) is 26.8. The third kappa shape index (κ3) is 9.73. The fourth-order valence-corrected chi connectivity index (χ4v) is 7.74. The van der Waals surface area contributed by atoms with Crippen LogP contribution in [0.1, 0.15) is 47.1 Å². The Balaban J connectivity index is 1.99. The number of amides is 4. The average Bonchev–Trinajstić information content (AvgIpc) is 2.91. The summed E-state index contributed by atoms with van der Waals surface area (Å²) in [5, 5.41) is 0. The molecule has 1 heterocycles. The van der Waals surface area contributed by atoms with Gasteiger partial charge in [-0.3, -0.25) is 0 Å². The Labute approximate surface area is 262 Å². The number of ether oxygens (including phenoxy) is 3. The standard InChI is InChI=1S/C31H44IN5O6/c1-30(2,3)42-27(38)33-26(36-20-34(8)28(39)35(9)21-36)37(29(40)43-31(4,5)6)19-22-11-13-23(14-12-22)32(7)24-15-17-25(41-10)18-16-24/h11-18H,19-21H2,1-10H3. The molecule has 43 heavy (non-hydrogen) atoms. The molecule has 0 spiro atoms. The summed E-state index contributed by atoms with van der Waals surface area (Å²) in [7, 11) is 4.93. The van der Waals surface area contributed by atoms with Crippen molar-refractivity contribution in [2.75, 3.05) is 39.5 Å². The third-order valence-electron chi connectivity index (χ3n) is 6.10. The molecule has 3 rings (SSSR count). The minimum absolute atomic E-state index is 0.0287. The summed E-state index contributed by atoms with van der Waals surface area (Å²) in [5.74, 6) is 0.853. The van der Waals surface area contributed by atoms with Crippen LogP contribution in [0.5, 0.6) is 5.75 Å². The Morgan fingerprint density at radius 3 is 1.81 bits per heavy atom. The van der Waals surface area contributed by atoms with Crippen molar-refractivity contribution < 1.29 is 28.6 Å². The molecule has 1 aliphatic heterocycles. The summed E-state index contributed by atoms with van der Waals surface area (Å²) in [6, 6.07) is 16.1. The number of halogens is 1. The van der Waals surface area contributed by atoms with E-state index in [2.05, 4.69) is 34.2 Å². The Morgan fingerprint density at radius 2 is 1.35 bits per heavy atom. The molecule has 1 saturated heterocycles. The first kappa shape index (κ1) is 33.9. The number of carbonyl (C=O) groups excluding carboxylic acids is 3. The molecule has 1 fully saturated rings. The number of carbonyl (C=O) groups is 3. The Bertz CT molecular complexity index is 1300. The van der Waals surface area contributed by atoms with Crippen LogP contribution in [-0.2, 0) is 16.0 Å². The second-order valence-corrected chi connectivity index (χ2v) is 17.4. The summed E-state index contributed by atoms with van der Waals surface area (Å²) in [4.78, 5) is 51.7. The maximum absolute atomic E-state index is 13.7. The first-order valence-electron chi connectivity index (χ1n) is 13.8. The van der Waals surface area contributed by atoms with Crippen LogP contribution in [0, 0.1) is 7.14 Å². The van der Waals surface area contributed by atoms with E-state index in [4.69, 9.17) is 14.2 Å². The van der Waals surface area contributed by atoms with Crippen molar-refractivity contribution >= 4 is 44.0 Å². The quantitative estimate of drug-likeness (QED) is 0.160. The molecule has 1 aliphatic rings. The molecule has 0 atom stereocenters. The van der Waals surface area contributed by atoms with Crippen LogP contribution in [-0.4, -0.2) is 94.5 Å². The number of nitrogens with zero attached hydrogens (tertiary/aromatic N) is 5. The van der Waals surface area contributed by atoms with Gasteiger partial charge in [0.2, 0.25) is 0 Å². The van der Waals surface area contributed by atoms with E-state index in [1.807, 2.05) is 24.3 Å². The van der Waals surface area contributed by atoms with E-state index in [9.17, 15) is 14.4 Å². The molecule has 0 aromatic heterocycles. The SMILES string of the molecule is COc1ccc(I(C)c2ccc(CN(C(=O)OC(C)(C)C)C(=NC(=O)OC(C)(C)C)N3CN(C)C(=O)N(C)C3)cc2)cc1. The van der Waals surface area contributed by atoms with Gasteiger partial charge in [0, 0.05) is 0 Å². The van der Waals surface area contributed by atoms with Crippen molar-refractivity contribution in [3.8, 4) is 5.75 Å². The van der Waals surface area contributed by atoms with Crippen molar-refractivity contribution in [1.82, 2.24) is 19.6 Å². The molecule has 12 heteroatoms. The molecule has 0 radical (unpaired) electrons. The summed E-state index contributed by atoms with van der Waals surface area (Å²) in [5.41, 5.74) is -0.781. The molecule has 4 amide bonds. The number of rotatable bonds is 5. The van der Waals surface area contributed by atoms with Crippen LogP contribution < -0.4 is 4.74 Å². The number of guanidine groups is 1. The molecule has 0 unspecified atom stereocenters. The zero-order valence-corrected chi connectivity index (χ0v) is 29.0. The number of aliphatic imine (C=N–C) groups is 1. The molecule has 236 valence electrons. The monoisotopic (exact) mass is 709 g/mol. The van der Waals surface area contributed by atoms with Crippen LogP contribution in [0.15, 0.2) is 53.5 Å². The van der Waals surface area contributed by atoms with Crippen LogP contribution in [0.3, 0.4) is 0 Å². The number of benzene rings is 2. The van der Waals surface area contributed by atoms with Crippen LogP contribution >= 0.6 is 19.8 Å². The Hall–Kier alpha value is -3.55. The first-order valence-corrected chi connectivity index (χ1v) is 18.1. The van der Waals surface area contributed by atoms with Gasteiger partial charge in [0.15, 0.2) is 0 Å². The third-order valence-corrected chi connectivity index (χ3v) is 11.3. The number of methoxy groups -OCH3 is 1. The van der Waals surface area contributed by atoms with E-state index in [0.29, 0.717) is 0 Å². The minimum atomic E-state index is -1.66. The van der Waals surface area contributed by atoms with Gasteiger partial charge in [-0.25, -0.2) is 0 Å². The second-order valence-electron chi connectivity index (χ2n) is 12.2. The molecule has 2 aromatic rings. The van der Waals surface area contributed by atoms with E-state index >= 15 is 0 Å². The number of hydrogen-bond acceptors (Lipinski definition) is 6. The zero-order chi connectivity index (χ0) is 32.1. The molecule has 11 nitrogen and oxygen atoms in total. The second kappa shape index (κ2) is 13.8. The predicted octanol–water partition coefficient (Wildman–Crippen LogP) is 6.11. The van der Waals surface area contributed by atoms with E-state index in [0.717, 1.165) is 11.3 Å². The Morgan fingerprint density at radius 1 is 0.860 bits per heavy atom. The topological polar surface area (TPSA) is 104 Å². The van der Waals surface area contributed by atoms with Gasteiger partial charge in [0.1, 0.15) is 0 Å². The molecule has 0 aliphatic carbocycles. The maximum atomic E-state index is 13.7. The van der Waals surface area contributed by atoms with Crippen molar-refractivity contribution in [1.29, 1.82) is 0 Å². The van der Waals surface area contributed by atoms with Gasteiger partial charge < -0.3 is 0 Å². The predicted molar refractivity (Wildman–Crippen MR) is 175 cm³/mol. The summed E-state index contributed by atoms with van der Waals surface area (Å²) >= 11 is -1.66. The van der Waals surface area contributed by atoms with Gasteiger partial charge in [-0.2, -0.15) is 0 Å². The number of urea groups is 1. The summed E-state index contributed by atoms with van der Waals surface area (Å²) < 4.78 is 19.1. The number of alkyl halides is 1. The van der Waals surface area contributed by atoms with Crippen molar-refractivity contribution in [2.24, 2.45) is 4.99 Å². The first-order chi connectivity index (χ1) is 20.0. The fourth-order valence-electron chi connectivity index (χ4n) is 4.14. The molecule has 2 aromatic carbocycles.